The summed E-state index contributed by atoms with van der Waals surface area (Å²) in [6.45, 7) is 7.17. The van der Waals surface area contributed by atoms with Gasteiger partial charge in [0.25, 0.3) is 0 Å². The van der Waals surface area contributed by atoms with Crippen LogP contribution in [0.1, 0.15) is 31.9 Å². The van der Waals surface area contributed by atoms with E-state index >= 15 is 0 Å². The van der Waals surface area contributed by atoms with Gasteiger partial charge in [0, 0.05) is 30.9 Å². The molecule has 3 rings (SSSR count). The molecule has 0 fully saturated rings. The number of hydrogen-bond donors (Lipinski definition) is 1. The minimum absolute atomic E-state index is 0.0326. The van der Waals surface area contributed by atoms with Crippen molar-refractivity contribution >= 4 is 29.3 Å². The zero-order valence-corrected chi connectivity index (χ0v) is 17.0. The molecule has 2 aromatic rings. The van der Waals surface area contributed by atoms with Gasteiger partial charge < -0.3 is 19.7 Å². The lowest BCUT2D eigenvalue weighted by Gasteiger charge is -2.14. The number of carbonyl (C=O) groups is 2. The molecule has 29 heavy (non-hydrogen) atoms. The fourth-order valence-corrected chi connectivity index (χ4v) is 3.33. The van der Waals surface area contributed by atoms with Crippen LogP contribution in [0.2, 0.25) is 0 Å². The number of rotatable bonds is 7. The molecular formula is C23H26N2O4. The Hall–Kier alpha value is -3.28. The maximum atomic E-state index is 12.3. The lowest BCUT2D eigenvalue weighted by Crippen LogP contribution is -2.25. The number of nitrogens with one attached hydrogen (secondary N) is 1. The van der Waals surface area contributed by atoms with Crippen molar-refractivity contribution < 1.29 is 19.1 Å². The fraction of sp³-hybridized carbons (Fsp3) is 0.304. The molecule has 1 heterocycles. The first-order valence-electron chi connectivity index (χ1n) is 9.81. The summed E-state index contributed by atoms with van der Waals surface area (Å²) in [5.74, 6) is 1.16. The van der Waals surface area contributed by atoms with Gasteiger partial charge in [-0.2, -0.15) is 0 Å². The van der Waals surface area contributed by atoms with E-state index in [1.54, 1.807) is 17.9 Å². The Morgan fingerprint density at radius 2 is 1.83 bits per heavy atom. The van der Waals surface area contributed by atoms with Crippen LogP contribution in [0.4, 0.5) is 11.4 Å². The molecule has 0 spiro atoms. The Bertz CT molecular complexity index is 936. The minimum Gasteiger partial charge on any atom is -0.490 e. The minimum atomic E-state index is -0.224. The average molecular weight is 394 g/mol. The van der Waals surface area contributed by atoms with E-state index in [0.717, 1.165) is 23.2 Å². The van der Waals surface area contributed by atoms with Crippen LogP contribution in [0.5, 0.6) is 11.5 Å². The first-order valence-corrected chi connectivity index (χ1v) is 9.81. The zero-order valence-electron chi connectivity index (χ0n) is 17.0. The third kappa shape index (κ3) is 4.96. The van der Waals surface area contributed by atoms with Crippen molar-refractivity contribution in [2.45, 2.75) is 27.2 Å². The maximum absolute atomic E-state index is 12.3. The van der Waals surface area contributed by atoms with E-state index in [2.05, 4.69) is 5.32 Å². The second kappa shape index (κ2) is 9.28. The van der Waals surface area contributed by atoms with E-state index in [-0.39, 0.29) is 11.8 Å². The van der Waals surface area contributed by atoms with E-state index in [1.807, 2.05) is 50.2 Å². The smallest absolute Gasteiger partial charge is 0.248 e. The van der Waals surface area contributed by atoms with Gasteiger partial charge in [0.15, 0.2) is 11.5 Å². The number of carbonyl (C=O) groups excluding carboxylic acids is 2. The van der Waals surface area contributed by atoms with Crippen molar-refractivity contribution in [1.29, 1.82) is 0 Å². The molecular weight excluding hydrogens is 368 g/mol. The van der Waals surface area contributed by atoms with Crippen LogP contribution in [0.3, 0.4) is 0 Å². The van der Waals surface area contributed by atoms with Gasteiger partial charge in [0.2, 0.25) is 11.8 Å². The molecule has 1 N–H and O–H groups in total. The summed E-state index contributed by atoms with van der Waals surface area (Å²) in [5.41, 5.74) is 3.54. The van der Waals surface area contributed by atoms with Crippen LogP contribution < -0.4 is 19.7 Å². The molecule has 152 valence electrons. The van der Waals surface area contributed by atoms with E-state index in [1.165, 1.54) is 6.08 Å². The van der Waals surface area contributed by atoms with Crippen LogP contribution in [0.25, 0.3) is 6.08 Å². The number of fused-ring (bicyclic) bond motifs is 1. The second-order valence-electron chi connectivity index (χ2n) is 6.66. The first-order chi connectivity index (χ1) is 14.0. The van der Waals surface area contributed by atoms with E-state index in [9.17, 15) is 9.59 Å². The molecule has 0 radical (unpaired) electrons. The third-order valence-electron chi connectivity index (χ3n) is 4.62. The van der Waals surface area contributed by atoms with Crippen LogP contribution in [0.15, 0.2) is 42.5 Å². The molecule has 0 atom stereocenters. The van der Waals surface area contributed by atoms with Gasteiger partial charge in [0.1, 0.15) is 0 Å². The molecule has 0 saturated heterocycles. The van der Waals surface area contributed by atoms with Gasteiger partial charge in [-0.25, -0.2) is 0 Å². The number of amides is 2. The van der Waals surface area contributed by atoms with Crippen molar-refractivity contribution in [2.24, 2.45) is 0 Å². The Labute approximate surface area is 171 Å². The molecule has 6 nitrogen and oxygen atoms in total. The van der Waals surface area contributed by atoms with Crippen molar-refractivity contribution in [2.75, 3.05) is 30.0 Å². The molecule has 2 amide bonds. The molecule has 0 aromatic heterocycles. The molecule has 6 heteroatoms. The fourth-order valence-electron chi connectivity index (χ4n) is 3.33. The molecule has 2 aromatic carbocycles. The molecule has 0 saturated carbocycles. The number of anilines is 2. The monoisotopic (exact) mass is 394 g/mol. The first kappa shape index (κ1) is 20.5. The Kier molecular flexibility index (Phi) is 6.54. The van der Waals surface area contributed by atoms with Crippen LogP contribution in [0, 0.1) is 0 Å². The normalized spacial score (nSPS) is 12.7. The maximum Gasteiger partial charge on any atom is 0.248 e. The highest BCUT2D eigenvalue weighted by Crippen LogP contribution is 2.31. The third-order valence-corrected chi connectivity index (χ3v) is 4.62. The van der Waals surface area contributed by atoms with Crippen LogP contribution in [-0.4, -0.2) is 31.6 Å². The van der Waals surface area contributed by atoms with Gasteiger partial charge in [-0.1, -0.05) is 6.07 Å². The van der Waals surface area contributed by atoms with Gasteiger partial charge in [-0.3, -0.25) is 9.59 Å². The SMILES string of the molecule is CCOc1ccc(/C=C/C(=O)Nc2ccc3c(c2)CCN3C(C)=O)cc1OCC. The van der Waals surface area contributed by atoms with Gasteiger partial charge in [0.05, 0.1) is 13.2 Å². The predicted octanol–water partition coefficient (Wildman–Crippen LogP) is 4.04. The van der Waals surface area contributed by atoms with Crippen molar-refractivity contribution in [3.05, 3.63) is 53.6 Å². The Morgan fingerprint density at radius 1 is 1.07 bits per heavy atom. The highest BCUT2D eigenvalue weighted by molar-refractivity contribution is 6.02. The van der Waals surface area contributed by atoms with E-state index in [4.69, 9.17) is 9.47 Å². The standard InChI is InChI=1S/C23H26N2O4/c1-4-28-21-10-6-17(14-22(21)29-5-2)7-11-23(27)24-19-8-9-20-18(15-19)12-13-25(20)16(3)26/h6-11,14-15H,4-5,12-13H2,1-3H3,(H,24,27)/b11-7+. The van der Waals surface area contributed by atoms with Gasteiger partial charge in [-0.05, 0) is 67.8 Å². The summed E-state index contributed by atoms with van der Waals surface area (Å²) < 4.78 is 11.2. The molecule has 0 unspecified atom stereocenters. The largest absolute Gasteiger partial charge is 0.490 e. The van der Waals surface area contributed by atoms with Gasteiger partial charge >= 0.3 is 0 Å². The van der Waals surface area contributed by atoms with Crippen molar-refractivity contribution in [3.8, 4) is 11.5 Å². The summed E-state index contributed by atoms with van der Waals surface area (Å²) in [5, 5.41) is 2.87. The van der Waals surface area contributed by atoms with Gasteiger partial charge in [-0.15, -0.1) is 0 Å². The highest BCUT2D eigenvalue weighted by atomic mass is 16.5. The summed E-state index contributed by atoms with van der Waals surface area (Å²) in [7, 11) is 0. The Balaban J connectivity index is 1.67. The average Bonchev–Trinajstić information content (AvgIpc) is 3.12. The quantitative estimate of drug-likeness (QED) is 0.720. The van der Waals surface area contributed by atoms with Crippen molar-refractivity contribution in [1.82, 2.24) is 0 Å². The molecule has 1 aliphatic heterocycles. The van der Waals surface area contributed by atoms with Crippen LogP contribution in [-0.2, 0) is 16.0 Å². The number of benzene rings is 2. The van der Waals surface area contributed by atoms with Crippen molar-refractivity contribution in [3.63, 3.8) is 0 Å². The number of ether oxygens (including phenoxy) is 2. The predicted molar refractivity (Wildman–Crippen MR) is 115 cm³/mol. The molecule has 0 aliphatic carbocycles. The summed E-state index contributed by atoms with van der Waals surface area (Å²) >= 11 is 0. The van der Waals surface area contributed by atoms with E-state index in [0.29, 0.717) is 36.9 Å². The summed E-state index contributed by atoms with van der Waals surface area (Å²) in [4.78, 5) is 25.7. The Morgan fingerprint density at radius 3 is 2.55 bits per heavy atom. The molecule has 1 aliphatic rings. The topological polar surface area (TPSA) is 67.9 Å². The lowest BCUT2D eigenvalue weighted by molar-refractivity contribution is -0.116. The van der Waals surface area contributed by atoms with Crippen LogP contribution >= 0.6 is 0 Å². The van der Waals surface area contributed by atoms with E-state index < -0.39 is 0 Å². The number of hydrogen-bond acceptors (Lipinski definition) is 4. The summed E-state index contributed by atoms with van der Waals surface area (Å²) in [6, 6.07) is 11.2. The number of nitrogens with zero attached hydrogens (tertiary/aromatic N) is 1. The zero-order chi connectivity index (χ0) is 20.8. The molecule has 0 bridgehead atoms. The highest BCUT2D eigenvalue weighted by Gasteiger charge is 2.22. The summed E-state index contributed by atoms with van der Waals surface area (Å²) in [6.07, 6.45) is 4.01. The second-order valence-corrected chi connectivity index (χ2v) is 6.66. The lowest BCUT2D eigenvalue weighted by atomic mass is 10.1.